The molecule has 7 nitrogen and oxygen atoms in total. The SMILES string of the molecule is O=C1CCC(=O)N1c1nc2n(n1)[C@@H](c1ccccc1Cl)C[C@@H](c1ccccc1)N2. The van der Waals surface area contributed by atoms with Gasteiger partial charge in [0.15, 0.2) is 0 Å². The molecule has 8 heteroatoms. The van der Waals surface area contributed by atoms with Gasteiger partial charge < -0.3 is 5.32 Å². The maximum atomic E-state index is 12.2. The number of carbonyl (C=O) groups excluding carboxylic acids is 2. The minimum Gasteiger partial charge on any atom is -0.347 e. The number of anilines is 2. The number of fused-ring (bicyclic) bond motifs is 1. The average molecular weight is 408 g/mol. The molecule has 0 unspecified atom stereocenters. The van der Waals surface area contributed by atoms with Crippen molar-refractivity contribution in [1.29, 1.82) is 0 Å². The third-order valence-electron chi connectivity index (χ3n) is 5.40. The van der Waals surface area contributed by atoms with E-state index in [1.54, 1.807) is 4.68 Å². The maximum absolute atomic E-state index is 12.2. The Morgan fingerprint density at radius 2 is 1.66 bits per heavy atom. The number of nitrogens with zero attached hydrogens (tertiary/aromatic N) is 4. The van der Waals surface area contributed by atoms with Crippen molar-refractivity contribution in [3.63, 3.8) is 0 Å². The minimum atomic E-state index is -0.271. The smallest absolute Gasteiger partial charge is 0.260 e. The fourth-order valence-electron chi connectivity index (χ4n) is 3.97. The number of benzene rings is 2. The van der Waals surface area contributed by atoms with Crippen LogP contribution < -0.4 is 10.2 Å². The number of carbonyl (C=O) groups is 2. The predicted molar refractivity (Wildman–Crippen MR) is 109 cm³/mol. The molecule has 29 heavy (non-hydrogen) atoms. The van der Waals surface area contributed by atoms with Crippen LogP contribution >= 0.6 is 11.6 Å². The van der Waals surface area contributed by atoms with Gasteiger partial charge in [0.1, 0.15) is 0 Å². The molecule has 3 heterocycles. The van der Waals surface area contributed by atoms with E-state index >= 15 is 0 Å². The quantitative estimate of drug-likeness (QED) is 0.669. The Labute approximate surface area is 172 Å². The lowest BCUT2D eigenvalue weighted by Gasteiger charge is -2.32. The van der Waals surface area contributed by atoms with Crippen LogP contribution in [0.25, 0.3) is 0 Å². The van der Waals surface area contributed by atoms with Crippen LogP contribution in [0.4, 0.5) is 11.9 Å². The van der Waals surface area contributed by atoms with Gasteiger partial charge in [0, 0.05) is 17.9 Å². The van der Waals surface area contributed by atoms with E-state index in [9.17, 15) is 9.59 Å². The van der Waals surface area contributed by atoms with E-state index in [-0.39, 0.29) is 42.7 Å². The highest BCUT2D eigenvalue weighted by Crippen LogP contribution is 2.40. The van der Waals surface area contributed by atoms with Crippen molar-refractivity contribution in [2.45, 2.75) is 31.3 Å². The van der Waals surface area contributed by atoms with E-state index in [1.807, 2.05) is 42.5 Å². The first kappa shape index (κ1) is 17.9. The lowest BCUT2D eigenvalue weighted by atomic mass is 9.93. The van der Waals surface area contributed by atoms with Crippen molar-refractivity contribution in [3.8, 4) is 0 Å². The molecular formula is C21H18ClN5O2. The number of halogens is 1. The standard InChI is InChI=1S/C21H18ClN5O2/c22-15-9-5-4-8-14(15)17-12-16(13-6-2-1-3-7-13)23-20-24-21(25-27(17)20)26-18(28)10-11-19(26)29/h1-9,16-17H,10-12H2,(H,23,24,25)/t16-,17+/m0/s1. The molecule has 0 spiro atoms. The molecule has 0 saturated carbocycles. The van der Waals surface area contributed by atoms with Gasteiger partial charge in [-0.25, -0.2) is 9.58 Å². The highest BCUT2D eigenvalue weighted by atomic mass is 35.5. The summed E-state index contributed by atoms with van der Waals surface area (Å²) in [6.45, 7) is 0. The lowest BCUT2D eigenvalue weighted by molar-refractivity contribution is -0.121. The fraction of sp³-hybridized carbons (Fsp3) is 0.238. The zero-order valence-electron chi connectivity index (χ0n) is 15.5. The second-order valence-electron chi connectivity index (χ2n) is 7.18. The van der Waals surface area contributed by atoms with Gasteiger partial charge in [-0.15, -0.1) is 5.10 Å². The highest BCUT2D eigenvalue weighted by molar-refractivity contribution is 6.31. The van der Waals surface area contributed by atoms with Crippen LogP contribution in [-0.2, 0) is 9.59 Å². The van der Waals surface area contributed by atoms with Gasteiger partial charge in [0.05, 0.1) is 12.1 Å². The minimum absolute atomic E-state index is 0.00740. The number of hydrogen-bond donors (Lipinski definition) is 1. The van der Waals surface area contributed by atoms with Crippen LogP contribution in [-0.4, -0.2) is 26.6 Å². The Hall–Kier alpha value is -3.19. The molecular weight excluding hydrogens is 390 g/mol. The Morgan fingerprint density at radius 3 is 2.38 bits per heavy atom. The van der Waals surface area contributed by atoms with Gasteiger partial charge in [-0.05, 0) is 23.6 Å². The summed E-state index contributed by atoms with van der Waals surface area (Å²) in [4.78, 5) is 29.9. The van der Waals surface area contributed by atoms with Gasteiger partial charge in [-0.1, -0.05) is 60.1 Å². The topological polar surface area (TPSA) is 80.1 Å². The first-order valence-corrected chi connectivity index (χ1v) is 9.88. The number of amides is 2. The summed E-state index contributed by atoms with van der Waals surface area (Å²) in [5.74, 6) is 0.0852. The Kier molecular flexibility index (Phi) is 4.32. The molecule has 146 valence electrons. The molecule has 0 radical (unpaired) electrons. The molecule has 2 aliphatic rings. The maximum Gasteiger partial charge on any atom is 0.260 e. The number of nitrogens with one attached hydrogen (secondary N) is 1. The monoisotopic (exact) mass is 407 g/mol. The summed E-state index contributed by atoms with van der Waals surface area (Å²) >= 11 is 6.50. The number of imide groups is 1. The van der Waals surface area contributed by atoms with Crippen LogP contribution in [0.3, 0.4) is 0 Å². The number of hydrogen-bond acceptors (Lipinski definition) is 5. The summed E-state index contributed by atoms with van der Waals surface area (Å²) in [5.41, 5.74) is 2.04. The van der Waals surface area contributed by atoms with Gasteiger partial charge in [-0.3, -0.25) is 9.59 Å². The van der Waals surface area contributed by atoms with Gasteiger partial charge >= 0.3 is 0 Å². The molecule has 1 aromatic heterocycles. The van der Waals surface area contributed by atoms with Crippen LogP contribution in [0, 0.1) is 0 Å². The zero-order valence-corrected chi connectivity index (χ0v) is 16.2. The summed E-state index contributed by atoms with van der Waals surface area (Å²) in [6, 6.07) is 17.5. The van der Waals surface area contributed by atoms with Gasteiger partial charge in [0.2, 0.25) is 17.8 Å². The second kappa shape index (κ2) is 7.00. The molecule has 0 bridgehead atoms. The van der Waals surface area contributed by atoms with Crippen molar-refractivity contribution < 1.29 is 9.59 Å². The highest BCUT2D eigenvalue weighted by Gasteiger charge is 2.37. The molecule has 1 fully saturated rings. The second-order valence-corrected chi connectivity index (χ2v) is 7.59. The fourth-order valence-corrected chi connectivity index (χ4v) is 4.23. The van der Waals surface area contributed by atoms with Crippen LogP contribution in [0.2, 0.25) is 5.02 Å². The van der Waals surface area contributed by atoms with E-state index in [0.717, 1.165) is 16.0 Å². The lowest BCUT2D eigenvalue weighted by Crippen LogP contribution is -2.30. The third kappa shape index (κ3) is 3.07. The summed E-state index contributed by atoms with van der Waals surface area (Å²) in [6.07, 6.45) is 1.08. The van der Waals surface area contributed by atoms with Crippen molar-refractivity contribution in [1.82, 2.24) is 14.8 Å². The largest absolute Gasteiger partial charge is 0.347 e. The molecule has 2 aromatic carbocycles. The first-order chi connectivity index (χ1) is 14.1. The number of rotatable bonds is 3. The molecule has 2 atom stereocenters. The molecule has 5 rings (SSSR count). The average Bonchev–Trinajstić information content (AvgIpc) is 3.30. The molecule has 3 aromatic rings. The summed E-state index contributed by atoms with van der Waals surface area (Å²) in [5, 5.41) is 8.57. The predicted octanol–water partition coefficient (Wildman–Crippen LogP) is 3.73. The zero-order chi connectivity index (χ0) is 20.0. The summed E-state index contributed by atoms with van der Waals surface area (Å²) < 4.78 is 1.73. The van der Waals surface area contributed by atoms with E-state index in [2.05, 4.69) is 27.5 Å². The van der Waals surface area contributed by atoms with Crippen LogP contribution in [0.15, 0.2) is 54.6 Å². The van der Waals surface area contributed by atoms with Crippen LogP contribution in [0.5, 0.6) is 0 Å². The molecule has 2 aliphatic heterocycles. The molecule has 1 saturated heterocycles. The van der Waals surface area contributed by atoms with Crippen molar-refractivity contribution in [2.24, 2.45) is 0 Å². The summed E-state index contributed by atoms with van der Waals surface area (Å²) in [7, 11) is 0. The van der Waals surface area contributed by atoms with E-state index in [0.29, 0.717) is 17.4 Å². The molecule has 1 N–H and O–H groups in total. The van der Waals surface area contributed by atoms with Gasteiger partial charge in [-0.2, -0.15) is 4.98 Å². The Balaban J connectivity index is 1.61. The van der Waals surface area contributed by atoms with Crippen LogP contribution in [0.1, 0.15) is 42.5 Å². The van der Waals surface area contributed by atoms with Gasteiger partial charge in [0.25, 0.3) is 5.95 Å². The Morgan fingerprint density at radius 1 is 0.966 bits per heavy atom. The van der Waals surface area contributed by atoms with Crippen molar-refractivity contribution in [2.75, 3.05) is 10.2 Å². The normalized spacial score (nSPS) is 21.2. The Bertz CT molecular complexity index is 1080. The van der Waals surface area contributed by atoms with E-state index in [1.165, 1.54) is 0 Å². The molecule has 0 aliphatic carbocycles. The van der Waals surface area contributed by atoms with Crippen molar-refractivity contribution in [3.05, 3.63) is 70.7 Å². The first-order valence-electron chi connectivity index (χ1n) is 9.50. The van der Waals surface area contributed by atoms with E-state index in [4.69, 9.17) is 11.6 Å². The third-order valence-corrected chi connectivity index (χ3v) is 5.74. The van der Waals surface area contributed by atoms with E-state index < -0.39 is 0 Å². The van der Waals surface area contributed by atoms with Crippen molar-refractivity contribution >= 4 is 35.3 Å². The number of aromatic nitrogens is 3. The molecule has 2 amide bonds.